The zero-order valence-electron chi connectivity index (χ0n) is 22.8. The molecule has 208 valence electrons. The molecule has 1 aromatic heterocycles. The summed E-state index contributed by atoms with van der Waals surface area (Å²) in [6, 6.07) is -1.29. The first-order chi connectivity index (χ1) is 17.5. The van der Waals surface area contributed by atoms with Crippen molar-refractivity contribution in [2.24, 2.45) is 0 Å². The van der Waals surface area contributed by atoms with Crippen LogP contribution in [0.2, 0.25) is 0 Å². The highest BCUT2D eigenvalue weighted by atomic mass is 19.3. The summed E-state index contributed by atoms with van der Waals surface area (Å²) >= 11 is 0. The van der Waals surface area contributed by atoms with Gasteiger partial charge in [0.15, 0.2) is 5.82 Å². The molecule has 1 aromatic rings. The molecule has 10 heteroatoms. The van der Waals surface area contributed by atoms with Crippen molar-refractivity contribution in [2.75, 3.05) is 26.2 Å². The molecule has 1 N–H and O–H groups in total. The predicted octanol–water partition coefficient (Wildman–Crippen LogP) is 4.85. The van der Waals surface area contributed by atoms with Crippen molar-refractivity contribution in [1.82, 2.24) is 25.3 Å². The third kappa shape index (κ3) is 5.79. The number of halogens is 2. The average molecular weight is 524 g/mol. The summed E-state index contributed by atoms with van der Waals surface area (Å²) in [4.78, 5) is 21.9. The second-order valence-electron chi connectivity index (χ2n) is 12.6. The topological polar surface area (TPSA) is 83.7 Å². The number of nitrogens with one attached hydrogen (secondary N) is 1. The van der Waals surface area contributed by atoms with Crippen LogP contribution in [-0.4, -0.2) is 81.9 Å². The Bertz CT molecular complexity index is 950. The monoisotopic (exact) mass is 523 g/mol. The number of hydrogen-bond acceptors (Lipinski definition) is 6. The molecular weight excluding hydrogens is 480 g/mol. The number of rotatable bonds is 6. The normalized spacial score (nSPS) is 29.9. The van der Waals surface area contributed by atoms with Gasteiger partial charge >= 0.3 is 6.03 Å². The Balaban J connectivity index is 1.19. The molecule has 2 atom stereocenters. The number of ether oxygens (including phenoxy) is 1. The summed E-state index contributed by atoms with van der Waals surface area (Å²) in [5.41, 5.74) is -0.739. The highest BCUT2D eigenvalue weighted by Crippen LogP contribution is 2.42. The number of hydrogen-bond donors (Lipinski definition) is 1. The molecule has 2 aliphatic heterocycles. The molecule has 4 aliphatic rings. The van der Waals surface area contributed by atoms with E-state index in [0.717, 1.165) is 38.8 Å². The number of aromatic nitrogens is 2. The highest BCUT2D eigenvalue weighted by Gasteiger charge is 2.51. The van der Waals surface area contributed by atoms with Crippen LogP contribution in [0.25, 0.3) is 0 Å². The number of alkyl halides is 2. The van der Waals surface area contributed by atoms with Gasteiger partial charge in [-0.3, -0.25) is 0 Å². The third-order valence-corrected chi connectivity index (χ3v) is 9.19. The lowest BCUT2D eigenvalue weighted by Crippen LogP contribution is -2.62. The van der Waals surface area contributed by atoms with Crippen molar-refractivity contribution in [2.45, 2.75) is 127 Å². The second kappa shape index (κ2) is 10.1. The van der Waals surface area contributed by atoms with E-state index in [1.54, 1.807) is 4.90 Å². The summed E-state index contributed by atoms with van der Waals surface area (Å²) in [7, 11) is 0. The van der Waals surface area contributed by atoms with Gasteiger partial charge in [-0.1, -0.05) is 12.1 Å². The molecule has 37 heavy (non-hydrogen) atoms. The van der Waals surface area contributed by atoms with Crippen molar-refractivity contribution in [3.63, 3.8) is 0 Å². The molecule has 2 aliphatic carbocycles. The van der Waals surface area contributed by atoms with Crippen LogP contribution in [0.1, 0.15) is 103 Å². The fraction of sp³-hybridized carbons (Fsp3) is 0.889. The maximum atomic E-state index is 15.2. The number of likely N-dealkylation sites (tertiary alicyclic amines) is 2. The van der Waals surface area contributed by atoms with Gasteiger partial charge in [0.05, 0.1) is 11.7 Å². The van der Waals surface area contributed by atoms with E-state index in [2.05, 4.69) is 41.1 Å². The van der Waals surface area contributed by atoms with Crippen LogP contribution in [0, 0.1) is 0 Å². The molecule has 0 aromatic carbocycles. The van der Waals surface area contributed by atoms with Gasteiger partial charge in [0.2, 0.25) is 5.89 Å². The van der Waals surface area contributed by atoms with E-state index in [4.69, 9.17) is 9.26 Å². The minimum absolute atomic E-state index is 0.227. The van der Waals surface area contributed by atoms with Gasteiger partial charge in [-0.25, -0.2) is 13.6 Å². The van der Waals surface area contributed by atoms with E-state index in [0.29, 0.717) is 62.4 Å². The second-order valence-corrected chi connectivity index (χ2v) is 12.6. The van der Waals surface area contributed by atoms with Crippen LogP contribution >= 0.6 is 0 Å². The van der Waals surface area contributed by atoms with Crippen LogP contribution in [0.15, 0.2) is 4.52 Å². The first-order valence-corrected chi connectivity index (χ1v) is 14.2. The lowest BCUT2D eigenvalue weighted by atomic mass is 9.79. The van der Waals surface area contributed by atoms with Crippen molar-refractivity contribution < 1.29 is 22.8 Å². The van der Waals surface area contributed by atoms with Crippen LogP contribution in [0.3, 0.4) is 0 Å². The Hall–Kier alpha value is -1.81. The molecule has 4 fully saturated rings. The lowest BCUT2D eigenvalue weighted by molar-refractivity contribution is -0.178. The average Bonchev–Trinajstić information content (AvgIpc) is 3.57. The minimum Gasteiger partial charge on any atom is -0.370 e. The van der Waals surface area contributed by atoms with E-state index >= 15 is 8.78 Å². The Labute approximate surface area is 218 Å². The van der Waals surface area contributed by atoms with Crippen LogP contribution in [0.5, 0.6) is 0 Å². The third-order valence-electron chi connectivity index (χ3n) is 9.19. The smallest absolute Gasteiger partial charge is 0.317 e. The molecule has 0 unspecified atom stereocenters. The lowest BCUT2D eigenvalue weighted by Gasteiger charge is -2.47. The number of carbonyl (C=O) groups excluding carboxylic acids is 1. The van der Waals surface area contributed by atoms with Crippen molar-refractivity contribution >= 4 is 6.03 Å². The molecule has 2 saturated carbocycles. The molecule has 0 bridgehead atoms. The van der Waals surface area contributed by atoms with Gasteiger partial charge in [0, 0.05) is 50.0 Å². The molecule has 2 saturated heterocycles. The number of amides is 2. The molecule has 3 heterocycles. The largest absolute Gasteiger partial charge is 0.370 e. The summed E-state index contributed by atoms with van der Waals surface area (Å²) in [6.45, 7) is 11.2. The van der Waals surface area contributed by atoms with E-state index in [1.165, 1.54) is 0 Å². The molecule has 2 amide bonds. The highest BCUT2D eigenvalue weighted by molar-refractivity contribution is 5.75. The molecule has 5 rings (SSSR count). The van der Waals surface area contributed by atoms with Gasteiger partial charge in [-0.15, -0.1) is 0 Å². The maximum Gasteiger partial charge on any atom is 0.317 e. The molecular formula is C27H43F2N5O3. The Morgan fingerprint density at radius 2 is 1.73 bits per heavy atom. The van der Waals surface area contributed by atoms with Crippen LogP contribution < -0.4 is 5.32 Å². The van der Waals surface area contributed by atoms with E-state index < -0.39 is 29.7 Å². The van der Waals surface area contributed by atoms with Crippen molar-refractivity contribution in [1.29, 1.82) is 0 Å². The zero-order chi connectivity index (χ0) is 26.4. The maximum absolute atomic E-state index is 15.2. The van der Waals surface area contributed by atoms with E-state index in [9.17, 15) is 4.79 Å². The van der Waals surface area contributed by atoms with Gasteiger partial charge in [0.25, 0.3) is 5.92 Å². The number of urea groups is 1. The van der Waals surface area contributed by atoms with Gasteiger partial charge in [-0.05, 0) is 72.1 Å². The summed E-state index contributed by atoms with van der Waals surface area (Å²) in [5.74, 6) is -1.20. The summed E-state index contributed by atoms with van der Waals surface area (Å²) in [5, 5.41) is 6.93. The van der Waals surface area contributed by atoms with Gasteiger partial charge in [0.1, 0.15) is 6.04 Å². The first kappa shape index (κ1) is 26.8. The zero-order valence-corrected chi connectivity index (χ0v) is 22.8. The van der Waals surface area contributed by atoms with E-state index in [1.807, 2.05) is 6.92 Å². The number of nitrogens with zero attached hydrogens (tertiary/aromatic N) is 4. The molecule has 0 radical (unpaired) electrons. The Kier molecular flexibility index (Phi) is 7.28. The number of piperidine rings is 2. The molecule has 0 spiro atoms. The summed E-state index contributed by atoms with van der Waals surface area (Å²) in [6.07, 6.45) is 5.13. The number of carbonyl (C=O) groups is 1. The fourth-order valence-corrected chi connectivity index (χ4v) is 6.08. The van der Waals surface area contributed by atoms with Crippen LogP contribution in [0.4, 0.5) is 13.6 Å². The minimum atomic E-state index is -3.00. The van der Waals surface area contributed by atoms with Crippen LogP contribution in [-0.2, 0) is 10.2 Å². The summed E-state index contributed by atoms with van der Waals surface area (Å²) < 4.78 is 42.2. The van der Waals surface area contributed by atoms with Gasteiger partial charge < -0.3 is 24.4 Å². The SMILES string of the molecule is CC(C)N1CCC(C)(O[C@H]2CCCC(F)(F)[C@@H]2NC(=O)N2CCC(C)(c3noc(C4CC4)n3)CC2)CC1. The van der Waals surface area contributed by atoms with Crippen molar-refractivity contribution in [3.05, 3.63) is 11.7 Å². The predicted molar refractivity (Wildman–Crippen MR) is 135 cm³/mol. The fourth-order valence-electron chi connectivity index (χ4n) is 6.08. The standard InChI is InChI=1S/C27H43F2N5O3/c1-18(2)33-16-12-26(4,13-17-33)36-20-6-5-9-27(28,29)21(20)30-24(35)34-14-10-25(3,11-15-34)23-31-22(37-32-23)19-7-8-19/h18-21H,5-17H2,1-4H3,(H,30,35)/t20-,21+/m0/s1. The van der Waals surface area contributed by atoms with Gasteiger partial charge in [-0.2, -0.15) is 4.98 Å². The Morgan fingerprint density at radius 3 is 2.35 bits per heavy atom. The van der Waals surface area contributed by atoms with Crippen molar-refractivity contribution in [3.8, 4) is 0 Å². The Morgan fingerprint density at radius 1 is 1.05 bits per heavy atom. The quantitative estimate of drug-likeness (QED) is 0.574. The van der Waals surface area contributed by atoms with E-state index in [-0.39, 0.29) is 11.8 Å². The molecule has 8 nitrogen and oxygen atoms in total. The first-order valence-electron chi connectivity index (χ1n) is 14.2.